The van der Waals surface area contributed by atoms with Crippen molar-refractivity contribution >= 4 is 11.5 Å². The summed E-state index contributed by atoms with van der Waals surface area (Å²) in [4.78, 5) is 6.88. The van der Waals surface area contributed by atoms with Crippen molar-refractivity contribution in [1.29, 1.82) is 0 Å². The van der Waals surface area contributed by atoms with Crippen molar-refractivity contribution in [2.45, 2.75) is 46.6 Å². The van der Waals surface area contributed by atoms with E-state index in [4.69, 9.17) is 10.5 Å². The molecule has 19 heavy (non-hydrogen) atoms. The zero-order valence-corrected chi connectivity index (χ0v) is 12.7. The number of hydrogen-bond donors (Lipinski definition) is 1. The van der Waals surface area contributed by atoms with Crippen LogP contribution in [0.5, 0.6) is 5.88 Å². The number of pyridine rings is 1. The van der Waals surface area contributed by atoms with E-state index >= 15 is 0 Å². The molecular formula is C15H25N3O. The fourth-order valence-electron chi connectivity index (χ4n) is 2.30. The molecule has 2 heterocycles. The van der Waals surface area contributed by atoms with Gasteiger partial charge in [0.2, 0.25) is 5.88 Å². The number of nitrogens with two attached hydrogens (primary N) is 1. The molecule has 4 heteroatoms. The van der Waals surface area contributed by atoms with E-state index in [-0.39, 0.29) is 5.60 Å². The highest BCUT2D eigenvalue weighted by molar-refractivity contribution is 5.55. The lowest BCUT2D eigenvalue weighted by atomic mass is 9.93. The first-order valence-corrected chi connectivity index (χ1v) is 6.87. The number of anilines is 2. The molecule has 0 unspecified atom stereocenters. The molecule has 0 aliphatic carbocycles. The zero-order valence-electron chi connectivity index (χ0n) is 12.7. The quantitative estimate of drug-likeness (QED) is 0.891. The van der Waals surface area contributed by atoms with Crippen LogP contribution in [0.4, 0.5) is 11.5 Å². The van der Waals surface area contributed by atoms with Crippen LogP contribution < -0.4 is 15.4 Å². The average molecular weight is 263 g/mol. The molecule has 106 valence electrons. The van der Waals surface area contributed by atoms with Crippen LogP contribution in [0.1, 0.15) is 41.0 Å². The van der Waals surface area contributed by atoms with Gasteiger partial charge in [-0.1, -0.05) is 13.8 Å². The number of nitrogen functional groups attached to an aromatic ring is 1. The highest BCUT2D eigenvalue weighted by atomic mass is 16.5. The Morgan fingerprint density at radius 2 is 2.00 bits per heavy atom. The van der Waals surface area contributed by atoms with Gasteiger partial charge in [0, 0.05) is 13.1 Å². The number of ether oxygens (including phenoxy) is 1. The molecule has 0 amide bonds. The van der Waals surface area contributed by atoms with E-state index in [0.717, 1.165) is 18.9 Å². The maximum absolute atomic E-state index is 5.94. The fraction of sp³-hybridized carbons (Fsp3) is 0.667. The lowest BCUT2D eigenvalue weighted by Gasteiger charge is -2.24. The molecule has 1 aliphatic heterocycles. The first kappa shape index (κ1) is 14.0. The van der Waals surface area contributed by atoms with Gasteiger partial charge in [-0.05, 0) is 44.7 Å². The van der Waals surface area contributed by atoms with Crippen LogP contribution >= 0.6 is 0 Å². The van der Waals surface area contributed by atoms with Gasteiger partial charge in [0.05, 0.1) is 5.69 Å². The Bertz CT molecular complexity index is 463. The molecule has 1 aromatic rings. The Hall–Kier alpha value is -1.45. The van der Waals surface area contributed by atoms with Crippen molar-refractivity contribution in [3.05, 3.63) is 12.1 Å². The molecule has 0 spiro atoms. The maximum Gasteiger partial charge on any atom is 0.239 e. The minimum atomic E-state index is -0.288. The summed E-state index contributed by atoms with van der Waals surface area (Å²) in [7, 11) is 0. The van der Waals surface area contributed by atoms with Gasteiger partial charge in [-0.15, -0.1) is 0 Å². The minimum absolute atomic E-state index is 0.288. The molecule has 1 aliphatic rings. The van der Waals surface area contributed by atoms with Crippen molar-refractivity contribution in [2.75, 3.05) is 23.7 Å². The second-order valence-electron chi connectivity index (χ2n) is 7.11. The smallest absolute Gasteiger partial charge is 0.239 e. The average Bonchev–Trinajstić information content (AvgIpc) is 2.60. The van der Waals surface area contributed by atoms with E-state index in [0.29, 0.717) is 17.0 Å². The number of hydrogen-bond acceptors (Lipinski definition) is 4. The molecule has 0 saturated carbocycles. The first-order chi connectivity index (χ1) is 8.66. The second-order valence-corrected chi connectivity index (χ2v) is 7.11. The van der Waals surface area contributed by atoms with Gasteiger partial charge >= 0.3 is 0 Å². The highest BCUT2D eigenvalue weighted by Crippen LogP contribution is 2.33. The monoisotopic (exact) mass is 263 g/mol. The van der Waals surface area contributed by atoms with Gasteiger partial charge < -0.3 is 15.4 Å². The van der Waals surface area contributed by atoms with Crippen molar-refractivity contribution < 1.29 is 4.74 Å². The van der Waals surface area contributed by atoms with E-state index < -0.39 is 0 Å². The molecule has 0 atom stereocenters. The van der Waals surface area contributed by atoms with Crippen LogP contribution in [0.2, 0.25) is 0 Å². The predicted octanol–water partition coefficient (Wildman–Crippen LogP) is 3.08. The molecule has 1 saturated heterocycles. The third-order valence-electron chi connectivity index (χ3n) is 3.28. The summed E-state index contributed by atoms with van der Waals surface area (Å²) in [5.74, 6) is 1.49. The first-order valence-electron chi connectivity index (χ1n) is 6.87. The standard InChI is InChI=1S/C15H25N3O/c1-14(2,3)19-13-11(16)6-7-12(17-13)18-9-8-15(4,5)10-18/h6-7H,8-10,16H2,1-5H3. The maximum atomic E-state index is 5.94. The van der Waals surface area contributed by atoms with Gasteiger partial charge in [-0.2, -0.15) is 4.98 Å². The normalized spacial score (nSPS) is 18.7. The lowest BCUT2D eigenvalue weighted by Crippen LogP contribution is -2.26. The van der Waals surface area contributed by atoms with Gasteiger partial charge in [0.15, 0.2) is 0 Å². The third kappa shape index (κ3) is 3.52. The summed E-state index contributed by atoms with van der Waals surface area (Å²) in [6.07, 6.45) is 1.19. The van der Waals surface area contributed by atoms with Crippen LogP contribution in [0.25, 0.3) is 0 Å². The molecule has 1 fully saturated rings. The number of rotatable bonds is 2. The van der Waals surface area contributed by atoms with E-state index in [9.17, 15) is 0 Å². The topological polar surface area (TPSA) is 51.4 Å². The zero-order chi connectivity index (χ0) is 14.3. The molecule has 0 radical (unpaired) electrons. The predicted molar refractivity (Wildman–Crippen MR) is 79.6 cm³/mol. The van der Waals surface area contributed by atoms with E-state index in [1.54, 1.807) is 0 Å². The van der Waals surface area contributed by atoms with Crippen LogP contribution in [-0.2, 0) is 0 Å². The van der Waals surface area contributed by atoms with Crippen LogP contribution in [-0.4, -0.2) is 23.7 Å². The molecule has 2 rings (SSSR count). The SMILES string of the molecule is CC1(C)CCN(c2ccc(N)c(OC(C)(C)C)n2)C1. The Balaban J connectivity index is 2.22. The summed E-state index contributed by atoms with van der Waals surface area (Å²) in [6.45, 7) is 12.6. The van der Waals surface area contributed by atoms with Gasteiger partial charge in [0.25, 0.3) is 0 Å². The molecule has 4 nitrogen and oxygen atoms in total. The van der Waals surface area contributed by atoms with Crippen LogP contribution in [0, 0.1) is 5.41 Å². The van der Waals surface area contributed by atoms with E-state index in [1.807, 2.05) is 32.9 Å². The summed E-state index contributed by atoms with van der Waals surface area (Å²) in [5, 5.41) is 0. The summed E-state index contributed by atoms with van der Waals surface area (Å²) in [6, 6.07) is 3.86. The van der Waals surface area contributed by atoms with Gasteiger partial charge in [-0.3, -0.25) is 0 Å². The Morgan fingerprint density at radius 3 is 2.53 bits per heavy atom. The van der Waals surface area contributed by atoms with Crippen LogP contribution in [0.15, 0.2) is 12.1 Å². The summed E-state index contributed by atoms with van der Waals surface area (Å²) >= 11 is 0. The van der Waals surface area contributed by atoms with Crippen LogP contribution in [0.3, 0.4) is 0 Å². The van der Waals surface area contributed by atoms with Crippen molar-refractivity contribution in [1.82, 2.24) is 4.98 Å². The second kappa shape index (κ2) is 4.58. The Morgan fingerprint density at radius 1 is 1.32 bits per heavy atom. The van der Waals surface area contributed by atoms with Crippen molar-refractivity contribution in [2.24, 2.45) is 5.41 Å². The Labute approximate surface area is 116 Å². The third-order valence-corrected chi connectivity index (χ3v) is 3.28. The van der Waals surface area contributed by atoms with Gasteiger partial charge in [-0.25, -0.2) is 0 Å². The largest absolute Gasteiger partial charge is 0.470 e. The molecule has 1 aromatic heterocycles. The Kier molecular flexibility index (Phi) is 3.37. The molecular weight excluding hydrogens is 238 g/mol. The highest BCUT2D eigenvalue weighted by Gasteiger charge is 2.30. The summed E-state index contributed by atoms with van der Waals surface area (Å²) < 4.78 is 5.82. The van der Waals surface area contributed by atoms with Crippen molar-refractivity contribution in [3.8, 4) is 5.88 Å². The minimum Gasteiger partial charge on any atom is -0.470 e. The number of nitrogens with zero attached hydrogens (tertiary/aromatic N) is 2. The fourth-order valence-corrected chi connectivity index (χ4v) is 2.30. The molecule has 0 bridgehead atoms. The molecule has 0 aromatic carbocycles. The lowest BCUT2D eigenvalue weighted by molar-refractivity contribution is 0.125. The van der Waals surface area contributed by atoms with Crippen molar-refractivity contribution in [3.63, 3.8) is 0 Å². The van der Waals surface area contributed by atoms with E-state index in [1.165, 1.54) is 6.42 Å². The molecule has 2 N–H and O–H groups in total. The van der Waals surface area contributed by atoms with Gasteiger partial charge in [0.1, 0.15) is 11.4 Å². The number of aromatic nitrogens is 1. The van der Waals surface area contributed by atoms with E-state index in [2.05, 4.69) is 23.7 Å². The summed E-state index contributed by atoms with van der Waals surface area (Å²) in [5.41, 5.74) is 6.60.